The van der Waals surface area contributed by atoms with Crippen LogP contribution >= 0.6 is 0 Å². The van der Waals surface area contributed by atoms with Crippen molar-refractivity contribution in [2.24, 2.45) is 5.73 Å². The summed E-state index contributed by atoms with van der Waals surface area (Å²) in [6.45, 7) is 1.60. The molecule has 1 unspecified atom stereocenters. The Kier molecular flexibility index (Phi) is 7.71. The van der Waals surface area contributed by atoms with Gasteiger partial charge in [-0.2, -0.15) is 0 Å². The Balaban J connectivity index is 1.97. The van der Waals surface area contributed by atoms with Gasteiger partial charge < -0.3 is 30.9 Å². The number of hydrogen-bond donors (Lipinski definition) is 5. The molecule has 6 N–H and O–H groups in total. The quantitative estimate of drug-likeness (QED) is 0.228. The third-order valence-electron chi connectivity index (χ3n) is 4.95. The van der Waals surface area contributed by atoms with Gasteiger partial charge in [-0.15, -0.1) is 0 Å². The van der Waals surface area contributed by atoms with Crippen molar-refractivity contribution in [3.05, 3.63) is 83.4 Å². The summed E-state index contributed by atoms with van der Waals surface area (Å²) < 4.78 is 11.4. The number of hydrogen-bond acceptors (Lipinski definition) is 6. The lowest BCUT2D eigenvalue weighted by molar-refractivity contribution is -0.138. The van der Waals surface area contributed by atoms with Crippen LogP contribution in [0.25, 0.3) is 0 Å². The van der Waals surface area contributed by atoms with Crippen molar-refractivity contribution < 1.29 is 24.2 Å². The number of carbonyl (C=O) groups is 2. The van der Waals surface area contributed by atoms with Crippen LogP contribution in [-0.2, 0) is 16.2 Å². The number of nitrogens with two attached hydrogens (primary N) is 1. The highest BCUT2D eigenvalue weighted by Gasteiger charge is 2.26. The van der Waals surface area contributed by atoms with E-state index in [2.05, 4.69) is 10.6 Å². The molecule has 0 saturated carbocycles. The van der Waals surface area contributed by atoms with Crippen molar-refractivity contribution in [2.45, 2.75) is 19.6 Å². The maximum Gasteiger partial charge on any atom is 0.330 e. The van der Waals surface area contributed by atoms with E-state index in [0.29, 0.717) is 22.7 Å². The molecule has 0 spiro atoms. The number of aliphatic carboxylic acids is 1. The molecule has 1 atom stereocenters. The summed E-state index contributed by atoms with van der Waals surface area (Å²) >= 11 is 0. The van der Waals surface area contributed by atoms with Gasteiger partial charge in [0.25, 0.3) is 0 Å². The highest BCUT2D eigenvalue weighted by atomic mass is 16.5. The molecular weight excluding hydrogens is 436 g/mol. The van der Waals surface area contributed by atoms with Gasteiger partial charge in [-0.05, 0) is 35.9 Å². The molecule has 9 nitrogen and oxygen atoms in total. The summed E-state index contributed by atoms with van der Waals surface area (Å²) in [5, 5.41) is 23.1. The fraction of sp³-hybridized carbons (Fsp3) is 0.160. The monoisotopic (exact) mass is 462 g/mol. The van der Waals surface area contributed by atoms with Crippen LogP contribution in [0.15, 0.2) is 66.7 Å². The molecule has 0 radical (unpaired) electrons. The summed E-state index contributed by atoms with van der Waals surface area (Å²) in [5.74, 6) is -0.948. The smallest absolute Gasteiger partial charge is 0.330 e. The predicted octanol–water partition coefficient (Wildman–Crippen LogP) is 3.75. The van der Waals surface area contributed by atoms with E-state index in [9.17, 15) is 14.7 Å². The maximum atomic E-state index is 12.2. The maximum absolute atomic E-state index is 12.2. The number of amidine groups is 1. The first-order valence-corrected chi connectivity index (χ1v) is 10.4. The van der Waals surface area contributed by atoms with E-state index in [1.54, 1.807) is 30.3 Å². The number of carboxylic acids is 1. The minimum atomic E-state index is -1.22. The van der Waals surface area contributed by atoms with Crippen LogP contribution in [0.5, 0.6) is 11.5 Å². The van der Waals surface area contributed by atoms with Crippen LogP contribution in [0.4, 0.5) is 11.4 Å². The molecule has 3 rings (SSSR count). The second-order valence-electron chi connectivity index (χ2n) is 7.45. The lowest BCUT2D eigenvalue weighted by Crippen LogP contribution is -2.23. The number of nitrogen functional groups attached to an aromatic ring is 1. The Morgan fingerprint density at radius 1 is 1.06 bits per heavy atom. The minimum Gasteiger partial charge on any atom is -0.493 e. The molecule has 0 heterocycles. The molecule has 3 aromatic carbocycles. The predicted molar refractivity (Wildman–Crippen MR) is 130 cm³/mol. The Morgan fingerprint density at radius 2 is 1.74 bits per heavy atom. The van der Waals surface area contributed by atoms with Gasteiger partial charge in [0.15, 0.2) is 17.5 Å². The first-order chi connectivity index (χ1) is 16.3. The lowest BCUT2D eigenvalue weighted by atomic mass is 10.0. The van der Waals surface area contributed by atoms with Crippen LogP contribution in [0.2, 0.25) is 0 Å². The highest BCUT2D eigenvalue weighted by Crippen LogP contribution is 2.38. The van der Waals surface area contributed by atoms with Crippen molar-refractivity contribution in [3.8, 4) is 11.5 Å². The van der Waals surface area contributed by atoms with Gasteiger partial charge in [-0.3, -0.25) is 10.2 Å². The molecule has 0 saturated heterocycles. The average molecular weight is 463 g/mol. The highest BCUT2D eigenvalue weighted by molar-refractivity contribution is 5.95. The average Bonchev–Trinajstić information content (AvgIpc) is 2.82. The minimum absolute atomic E-state index is 0.0925. The summed E-state index contributed by atoms with van der Waals surface area (Å²) in [6.07, 6.45) is 0. The van der Waals surface area contributed by atoms with Gasteiger partial charge in [0.05, 0.1) is 12.8 Å². The lowest BCUT2D eigenvalue weighted by Gasteiger charge is -2.22. The van der Waals surface area contributed by atoms with Gasteiger partial charge in [-0.25, -0.2) is 4.79 Å². The summed E-state index contributed by atoms with van der Waals surface area (Å²) in [4.78, 5) is 24.1. The first kappa shape index (κ1) is 24.1. The van der Waals surface area contributed by atoms with Crippen molar-refractivity contribution in [2.75, 3.05) is 17.7 Å². The normalized spacial score (nSPS) is 11.2. The van der Waals surface area contributed by atoms with Crippen molar-refractivity contribution in [1.29, 1.82) is 5.41 Å². The van der Waals surface area contributed by atoms with E-state index in [0.717, 1.165) is 5.56 Å². The zero-order valence-corrected chi connectivity index (χ0v) is 18.8. The summed E-state index contributed by atoms with van der Waals surface area (Å²) in [5.41, 5.74) is 7.98. The number of methoxy groups -OCH3 is 1. The molecule has 0 aromatic heterocycles. The molecule has 3 aromatic rings. The molecular formula is C25H26N4O5. The standard InChI is InChI=1S/C25H26N4O5/c1-15(30)28-20-13-22(34-14-16-6-4-3-5-7-16)21(33-2)12-19(20)23(25(31)32)29-18-10-8-17(9-11-18)24(26)27/h3-13,23,29H,14H2,1-2H3,(H3,26,27)(H,28,30)(H,31,32). The molecule has 34 heavy (non-hydrogen) atoms. The van der Waals surface area contributed by atoms with E-state index >= 15 is 0 Å². The molecule has 9 heteroatoms. The van der Waals surface area contributed by atoms with E-state index in [4.69, 9.17) is 20.6 Å². The molecule has 0 fully saturated rings. The van der Waals surface area contributed by atoms with E-state index in [-0.39, 0.29) is 29.6 Å². The second-order valence-corrected chi connectivity index (χ2v) is 7.45. The number of nitrogens with one attached hydrogen (secondary N) is 3. The van der Waals surface area contributed by atoms with Crippen LogP contribution in [-0.4, -0.2) is 29.9 Å². The Hall–Kier alpha value is -4.53. The third-order valence-corrected chi connectivity index (χ3v) is 4.95. The first-order valence-electron chi connectivity index (χ1n) is 10.4. The third kappa shape index (κ3) is 6.04. The van der Waals surface area contributed by atoms with Crippen LogP contribution in [0.3, 0.4) is 0 Å². The molecule has 0 bridgehead atoms. The number of anilines is 2. The Morgan fingerprint density at radius 3 is 2.29 bits per heavy atom. The van der Waals surface area contributed by atoms with E-state index < -0.39 is 12.0 Å². The number of rotatable bonds is 10. The number of carbonyl (C=O) groups excluding carboxylic acids is 1. The summed E-state index contributed by atoms with van der Waals surface area (Å²) in [7, 11) is 1.45. The van der Waals surface area contributed by atoms with Gasteiger partial charge in [0.2, 0.25) is 5.91 Å². The van der Waals surface area contributed by atoms with Crippen molar-refractivity contribution >= 4 is 29.1 Å². The number of carboxylic acid groups (broad SMARTS) is 1. The summed E-state index contributed by atoms with van der Waals surface area (Å²) in [6, 6.07) is 17.9. The molecule has 0 aliphatic heterocycles. The number of ether oxygens (including phenoxy) is 2. The van der Waals surface area contributed by atoms with Crippen LogP contribution in [0.1, 0.15) is 29.7 Å². The van der Waals surface area contributed by atoms with E-state index in [1.165, 1.54) is 20.1 Å². The zero-order chi connectivity index (χ0) is 24.7. The van der Waals surface area contributed by atoms with Crippen LogP contribution in [0, 0.1) is 5.41 Å². The molecule has 176 valence electrons. The Labute approximate surface area is 197 Å². The molecule has 0 aliphatic carbocycles. The topological polar surface area (TPSA) is 147 Å². The number of benzene rings is 3. The van der Waals surface area contributed by atoms with Gasteiger partial charge in [-0.1, -0.05) is 30.3 Å². The van der Waals surface area contributed by atoms with Gasteiger partial charge >= 0.3 is 5.97 Å². The SMILES string of the molecule is COc1cc(C(Nc2ccc(C(=N)N)cc2)C(=O)O)c(NC(C)=O)cc1OCc1ccccc1. The Bertz CT molecular complexity index is 1180. The van der Waals surface area contributed by atoms with Gasteiger partial charge in [0, 0.05) is 29.8 Å². The fourth-order valence-electron chi connectivity index (χ4n) is 3.31. The van der Waals surface area contributed by atoms with Crippen molar-refractivity contribution in [3.63, 3.8) is 0 Å². The fourth-order valence-corrected chi connectivity index (χ4v) is 3.31. The molecule has 0 aliphatic rings. The zero-order valence-electron chi connectivity index (χ0n) is 18.8. The number of amides is 1. The largest absolute Gasteiger partial charge is 0.493 e. The van der Waals surface area contributed by atoms with E-state index in [1.807, 2.05) is 30.3 Å². The van der Waals surface area contributed by atoms with Gasteiger partial charge in [0.1, 0.15) is 12.4 Å². The second kappa shape index (κ2) is 10.9. The molecule has 1 amide bonds. The van der Waals surface area contributed by atoms with Crippen LogP contribution < -0.4 is 25.8 Å². The van der Waals surface area contributed by atoms with Crippen molar-refractivity contribution in [1.82, 2.24) is 0 Å².